The number of carbonyl (C=O) groups excluding carboxylic acids is 2. The Labute approximate surface area is 168 Å². The average molecular weight is 391 g/mol. The van der Waals surface area contributed by atoms with Gasteiger partial charge in [0, 0.05) is 6.54 Å². The van der Waals surface area contributed by atoms with Gasteiger partial charge < -0.3 is 19.7 Å². The molecule has 1 N–H and O–H groups in total. The van der Waals surface area contributed by atoms with E-state index in [-0.39, 0.29) is 17.9 Å². The summed E-state index contributed by atoms with van der Waals surface area (Å²) in [7, 11) is 0. The van der Waals surface area contributed by atoms with Crippen LogP contribution in [0, 0.1) is 5.92 Å². The van der Waals surface area contributed by atoms with Crippen molar-refractivity contribution in [2.45, 2.75) is 71.8 Å². The molecule has 1 aromatic carbocycles. The fourth-order valence-corrected chi connectivity index (χ4v) is 3.31. The zero-order chi connectivity index (χ0) is 20.7. The molecule has 0 bridgehead atoms. The smallest absolute Gasteiger partial charge is 0.408 e. The van der Waals surface area contributed by atoms with Crippen LogP contribution in [0.25, 0.3) is 0 Å². The lowest BCUT2D eigenvalue weighted by Gasteiger charge is -2.31. The van der Waals surface area contributed by atoms with Gasteiger partial charge in [0.25, 0.3) is 0 Å². The molecule has 2 amide bonds. The number of benzene rings is 1. The third kappa shape index (κ3) is 6.82. The Morgan fingerprint density at radius 1 is 1.21 bits per heavy atom. The number of ether oxygens (including phenoxy) is 2. The Bertz CT molecular complexity index is 640. The first-order chi connectivity index (χ1) is 13.2. The fraction of sp³-hybridized carbons (Fsp3) is 0.636. The van der Waals surface area contributed by atoms with E-state index in [1.807, 2.05) is 49.1 Å². The maximum absolute atomic E-state index is 13.1. The van der Waals surface area contributed by atoms with Gasteiger partial charge in [-0.2, -0.15) is 0 Å². The number of likely N-dealkylation sites (tertiary alicyclic amines) is 1. The van der Waals surface area contributed by atoms with Crippen LogP contribution in [0.4, 0.5) is 4.79 Å². The summed E-state index contributed by atoms with van der Waals surface area (Å²) in [5, 5.41) is 2.76. The molecule has 1 aromatic rings. The molecular weight excluding hydrogens is 356 g/mol. The molecule has 0 aromatic heterocycles. The Hall–Kier alpha value is -2.08. The Morgan fingerprint density at radius 3 is 2.50 bits per heavy atom. The van der Waals surface area contributed by atoms with Crippen molar-refractivity contribution in [1.82, 2.24) is 10.2 Å². The molecule has 156 valence electrons. The zero-order valence-corrected chi connectivity index (χ0v) is 17.7. The van der Waals surface area contributed by atoms with Gasteiger partial charge in [-0.15, -0.1) is 0 Å². The number of rotatable bonds is 7. The maximum atomic E-state index is 13.1. The van der Waals surface area contributed by atoms with Crippen LogP contribution < -0.4 is 5.32 Å². The molecule has 0 radical (unpaired) electrons. The van der Waals surface area contributed by atoms with Crippen molar-refractivity contribution in [2.24, 2.45) is 5.92 Å². The van der Waals surface area contributed by atoms with Crippen LogP contribution >= 0.6 is 0 Å². The molecule has 1 fully saturated rings. The topological polar surface area (TPSA) is 67.9 Å². The molecule has 0 aliphatic carbocycles. The highest BCUT2D eigenvalue weighted by molar-refractivity contribution is 5.86. The van der Waals surface area contributed by atoms with E-state index in [9.17, 15) is 9.59 Å². The van der Waals surface area contributed by atoms with Crippen molar-refractivity contribution < 1.29 is 19.1 Å². The van der Waals surface area contributed by atoms with E-state index >= 15 is 0 Å². The van der Waals surface area contributed by atoms with Crippen molar-refractivity contribution in [3.05, 3.63) is 35.9 Å². The Morgan fingerprint density at radius 2 is 1.89 bits per heavy atom. The van der Waals surface area contributed by atoms with E-state index in [1.165, 1.54) is 0 Å². The van der Waals surface area contributed by atoms with Gasteiger partial charge in [0.2, 0.25) is 5.91 Å². The van der Waals surface area contributed by atoms with Crippen LogP contribution in [0.1, 0.15) is 53.0 Å². The molecule has 6 heteroatoms. The summed E-state index contributed by atoms with van der Waals surface area (Å²) < 4.78 is 11.2. The van der Waals surface area contributed by atoms with Crippen molar-refractivity contribution in [2.75, 3.05) is 13.2 Å². The van der Waals surface area contributed by atoms with E-state index in [0.29, 0.717) is 19.8 Å². The van der Waals surface area contributed by atoms with Crippen LogP contribution in [0.5, 0.6) is 0 Å². The van der Waals surface area contributed by atoms with Crippen LogP contribution in [-0.2, 0) is 20.9 Å². The fourth-order valence-electron chi connectivity index (χ4n) is 3.31. The highest BCUT2D eigenvalue weighted by Crippen LogP contribution is 2.21. The van der Waals surface area contributed by atoms with Crippen molar-refractivity contribution in [3.63, 3.8) is 0 Å². The van der Waals surface area contributed by atoms with Crippen LogP contribution in [0.15, 0.2) is 30.3 Å². The lowest BCUT2D eigenvalue weighted by atomic mass is 10.0. The molecule has 1 aliphatic heterocycles. The third-order valence-corrected chi connectivity index (χ3v) is 4.69. The van der Waals surface area contributed by atoms with Crippen LogP contribution in [0.2, 0.25) is 0 Å². The first kappa shape index (κ1) is 22.2. The molecule has 0 spiro atoms. The predicted octanol–water partition coefficient (Wildman–Crippen LogP) is 3.74. The summed E-state index contributed by atoms with van der Waals surface area (Å²) in [6, 6.07) is 9.43. The average Bonchev–Trinajstić information content (AvgIpc) is 3.07. The van der Waals surface area contributed by atoms with E-state index in [4.69, 9.17) is 9.47 Å². The van der Waals surface area contributed by atoms with Gasteiger partial charge in [-0.3, -0.25) is 4.79 Å². The highest BCUT2D eigenvalue weighted by atomic mass is 16.6. The second-order valence-corrected chi connectivity index (χ2v) is 8.70. The summed E-state index contributed by atoms with van der Waals surface area (Å²) >= 11 is 0. The summed E-state index contributed by atoms with van der Waals surface area (Å²) in [5.74, 6) is -0.0989. The Kier molecular flexibility index (Phi) is 7.87. The minimum absolute atomic E-state index is 0.0356. The summed E-state index contributed by atoms with van der Waals surface area (Å²) in [5.41, 5.74) is 0.515. The molecule has 6 nitrogen and oxygen atoms in total. The van der Waals surface area contributed by atoms with Crippen molar-refractivity contribution in [1.29, 1.82) is 0 Å². The molecular formula is C22H34N2O4. The van der Waals surface area contributed by atoms with E-state index < -0.39 is 17.7 Å². The Balaban J connectivity index is 1.93. The quantitative estimate of drug-likeness (QED) is 0.770. The number of hydrogen-bond donors (Lipinski definition) is 1. The number of hydrogen-bond acceptors (Lipinski definition) is 4. The van der Waals surface area contributed by atoms with Gasteiger partial charge in [0.1, 0.15) is 11.6 Å². The van der Waals surface area contributed by atoms with E-state index in [0.717, 1.165) is 18.4 Å². The number of nitrogens with one attached hydrogen (secondary N) is 1. The first-order valence-corrected chi connectivity index (χ1v) is 10.1. The molecule has 0 unspecified atom stereocenters. The number of carbonyl (C=O) groups is 2. The number of amides is 2. The maximum Gasteiger partial charge on any atom is 0.408 e. The molecule has 2 rings (SSSR count). The van der Waals surface area contributed by atoms with Gasteiger partial charge in [0.05, 0.1) is 19.3 Å². The minimum atomic E-state index is -0.607. The summed E-state index contributed by atoms with van der Waals surface area (Å²) in [6.45, 7) is 11.0. The molecule has 0 saturated carbocycles. The number of alkyl carbamates (subject to hydrolysis) is 1. The zero-order valence-electron chi connectivity index (χ0n) is 17.7. The summed E-state index contributed by atoms with van der Waals surface area (Å²) in [4.78, 5) is 27.2. The SMILES string of the molecule is CC(C)[C@@H](NC(=O)OC(C)(C)C)C(=O)N1CCC[C@@H]1COCc1ccccc1. The largest absolute Gasteiger partial charge is 0.444 e. The van der Waals surface area contributed by atoms with Gasteiger partial charge in [-0.05, 0) is 45.1 Å². The second kappa shape index (κ2) is 9.92. The van der Waals surface area contributed by atoms with Gasteiger partial charge in [-0.1, -0.05) is 44.2 Å². The molecule has 28 heavy (non-hydrogen) atoms. The predicted molar refractivity (Wildman–Crippen MR) is 109 cm³/mol. The van der Waals surface area contributed by atoms with Crippen molar-refractivity contribution >= 4 is 12.0 Å². The molecule has 1 saturated heterocycles. The van der Waals surface area contributed by atoms with E-state index in [2.05, 4.69) is 5.32 Å². The van der Waals surface area contributed by atoms with Gasteiger partial charge in [0.15, 0.2) is 0 Å². The van der Waals surface area contributed by atoms with Gasteiger partial charge >= 0.3 is 6.09 Å². The monoisotopic (exact) mass is 390 g/mol. The highest BCUT2D eigenvalue weighted by Gasteiger charge is 2.36. The second-order valence-electron chi connectivity index (χ2n) is 8.70. The molecule has 1 aliphatic rings. The van der Waals surface area contributed by atoms with Crippen LogP contribution in [-0.4, -0.2) is 47.7 Å². The third-order valence-electron chi connectivity index (χ3n) is 4.69. The molecule has 2 atom stereocenters. The standard InChI is InChI=1S/C22H34N2O4/c1-16(2)19(23-21(26)28-22(3,4)5)20(25)24-13-9-12-18(24)15-27-14-17-10-7-6-8-11-17/h6-8,10-11,16,18-19H,9,12-15H2,1-5H3,(H,23,26)/t18-,19-/m1/s1. The summed E-state index contributed by atoms with van der Waals surface area (Å²) in [6.07, 6.45) is 1.30. The normalized spacial score (nSPS) is 18.2. The molecule has 1 heterocycles. The number of nitrogens with zero attached hydrogens (tertiary/aromatic N) is 1. The lowest BCUT2D eigenvalue weighted by molar-refractivity contribution is -0.136. The van der Waals surface area contributed by atoms with Gasteiger partial charge in [-0.25, -0.2) is 4.79 Å². The van der Waals surface area contributed by atoms with Crippen LogP contribution in [0.3, 0.4) is 0 Å². The lowest BCUT2D eigenvalue weighted by Crippen LogP contribution is -2.53. The minimum Gasteiger partial charge on any atom is -0.444 e. The first-order valence-electron chi connectivity index (χ1n) is 10.1. The van der Waals surface area contributed by atoms with Crippen molar-refractivity contribution in [3.8, 4) is 0 Å². The van der Waals surface area contributed by atoms with E-state index in [1.54, 1.807) is 20.8 Å².